The fraction of sp³-hybridized carbons (Fsp3) is 0.474. The van der Waals surface area contributed by atoms with Gasteiger partial charge in [0.15, 0.2) is 6.10 Å². The largest absolute Gasteiger partial charge is 0.497 e. The molecule has 2 aliphatic rings. The summed E-state index contributed by atoms with van der Waals surface area (Å²) in [5.41, 5.74) is -0.158. The minimum atomic E-state index is -3.26. The van der Waals surface area contributed by atoms with Crippen LogP contribution in [0.4, 0.5) is 5.69 Å². The number of carbonyl (C=O) groups excluding carboxylic acids is 1. The van der Waals surface area contributed by atoms with Crippen molar-refractivity contribution in [3.63, 3.8) is 0 Å². The van der Waals surface area contributed by atoms with Gasteiger partial charge in [-0.1, -0.05) is 6.07 Å². The van der Waals surface area contributed by atoms with E-state index >= 15 is 0 Å². The number of carbonyl (C=O) groups is 1. The molecule has 0 aliphatic carbocycles. The molecule has 1 fully saturated rings. The van der Waals surface area contributed by atoms with Gasteiger partial charge in [0.1, 0.15) is 17.2 Å². The molecule has 1 amide bonds. The average molecular weight is 420 g/mol. The lowest BCUT2D eigenvalue weighted by molar-refractivity contribution is -0.166. The average Bonchev–Trinajstić information content (AvgIpc) is 3.17. The van der Waals surface area contributed by atoms with Gasteiger partial charge in [0, 0.05) is 37.2 Å². The molecule has 1 N–H and O–H groups in total. The molecule has 4 rings (SSSR count). The predicted octanol–water partition coefficient (Wildman–Crippen LogP) is 1.18. The summed E-state index contributed by atoms with van der Waals surface area (Å²) in [6.45, 7) is 1.01. The molecule has 0 radical (unpaired) electrons. The van der Waals surface area contributed by atoms with E-state index in [4.69, 9.17) is 9.47 Å². The summed E-state index contributed by atoms with van der Waals surface area (Å²) in [7, 11) is -1.70. The number of amides is 1. The lowest BCUT2D eigenvalue weighted by Crippen LogP contribution is -2.53. The van der Waals surface area contributed by atoms with Crippen LogP contribution < -0.4 is 10.1 Å². The van der Waals surface area contributed by atoms with E-state index in [1.807, 2.05) is 10.8 Å². The summed E-state index contributed by atoms with van der Waals surface area (Å²) >= 11 is 0. The minimum Gasteiger partial charge on any atom is -0.497 e. The molecule has 1 atom stereocenters. The number of ether oxygens (including phenoxy) is 2. The Bertz CT molecular complexity index is 1010. The number of sulfonamides is 1. The number of hydrogen-bond acceptors (Lipinski definition) is 6. The van der Waals surface area contributed by atoms with Gasteiger partial charge in [0.05, 0.1) is 19.9 Å². The molecule has 3 heterocycles. The first-order valence-electron chi connectivity index (χ1n) is 9.40. The van der Waals surface area contributed by atoms with E-state index in [1.165, 1.54) is 10.6 Å². The van der Waals surface area contributed by atoms with E-state index in [0.717, 1.165) is 5.82 Å². The summed E-state index contributed by atoms with van der Waals surface area (Å²) in [5.74, 6) is 1.13. The van der Waals surface area contributed by atoms with Gasteiger partial charge in [0.2, 0.25) is 10.0 Å². The first-order chi connectivity index (χ1) is 13.8. The van der Waals surface area contributed by atoms with Gasteiger partial charge in [-0.15, -0.1) is 0 Å². The maximum absolute atomic E-state index is 12.9. The van der Waals surface area contributed by atoms with Gasteiger partial charge in [-0.05, 0) is 25.0 Å². The first-order valence-corrected chi connectivity index (χ1v) is 11.2. The zero-order valence-corrected chi connectivity index (χ0v) is 17.2. The van der Waals surface area contributed by atoms with E-state index in [0.29, 0.717) is 43.9 Å². The highest BCUT2D eigenvalue weighted by atomic mass is 32.2. The molecule has 1 spiro atoms. The van der Waals surface area contributed by atoms with Crippen LogP contribution in [0.25, 0.3) is 0 Å². The zero-order valence-electron chi connectivity index (χ0n) is 16.4. The second kappa shape index (κ2) is 7.43. The quantitative estimate of drug-likeness (QED) is 0.797. The number of imidazole rings is 1. The first kappa shape index (κ1) is 19.9. The van der Waals surface area contributed by atoms with Crippen LogP contribution >= 0.6 is 0 Å². The van der Waals surface area contributed by atoms with Crippen molar-refractivity contribution in [2.75, 3.05) is 31.8 Å². The highest BCUT2D eigenvalue weighted by Gasteiger charge is 2.48. The number of rotatable bonds is 4. The smallest absolute Gasteiger partial charge is 0.255 e. The molecule has 1 unspecified atom stereocenters. The highest BCUT2D eigenvalue weighted by molar-refractivity contribution is 7.88. The summed E-state index contributed by atoms with van der Waals surface area (Å²) in [4.78, 5) is 17.4. The van der Waals surface area contributed by atoms with Crippen LogP contribution in [-0.4, -0.2) is 60.7 Å². The van der Waals surface area contributed by atoms with Crippen LogP contribution in [0.15, 0.2) is 36.7 Å². The lowest BCUT2D eigenvalue weighted by Gasteiger charge is -2.44. The molecule has 1 saturated heterocycles. The third kappa shape index (κ3) is 3.87. The number of aromatic nitrogens is 2. The van der Waals surface area contributed by atoms with Gasteiger partial charge in [-0.3, -0.25) is 4.79 Å². The van der Waals surface area contributed by atoms with Crippen molar-refractivity contribution in [1.29, 1.82) is 0 Å². The highest BCUT2D eigenvalue weighted by Crippen LogP contribution is 2.40. The Balaban J connectivity index is 1.54. The molecule has 156 valence electrons. The number of anilines is 1. The molecule has 1 aromatic carbocycles. The molecule has 10 heteroatoms. The van der Waals surface area contributed by atoms with Crippen molar-refractivity contribution in [1.82, 2.24) is 13.9 Å². The second-order valence-electron chi connectivity index (χ2n) is 7.39. The van der Waals surface area contributed by atoms with Crippen LogP contribution in [0.5, 0.6) is 5.75 Å². The molecule has 9 nitrogen and oxygen atoms in total. The molecule has 2 aromatic rings. The molecule has 29 heavy (non-hydrogen) atoms. The van der Waals surface area contributed by atoms with Crippen LogP contribution in [-0.2, 0) is 31.7 Å². The van der Waals surface area contributed by atoms with E-state index in [-0.39, 0.29) is 5.91 Å². The van der Waals surface area contributed by atoms with Gasteiger partial charge in [-0.25, -0.2) is 17.7 Å². The number of hydrogen-bond donors (Lipinski definition) is 1. The van der Waals surface area contributed by atoms with Crippen LogP contribution in [0.1, 0.15) is 18.7 Å². The number of fused-ring (bicyclic) bond motifs is 2. The second-order valence-corrected chi connectivity index (χ2v) is 9.37. The topological polar surface area (TPSA) is 103 Å². The van der Waals surface area contributed by atoms with Gasteiger partial charge >= 0.3 is 0 Å². The molecule has 0 saturated carbocycles. The van der Waals surface area contributed by atoms with E-state index < -0.39 is 21.7 Å². The molecular formula is C19H24N4O5S. The summed E-state index contributed by atoms with van der Waals surface area (Å²) in [6.07, 6.45) is 4.89. The normalized spacial score (nSPS) is 21.5. The Labute approximate surface area is 169 Å². The minimum absolute atomic E-state index is 0.262. The summed E-state index contributed by atoms with van der Waals surface area (Å²) < 4.78 is 38.6. The lowest BCUT2D eigenvalue weighted by atomic mass is 9.89. The maximum atomic E-state index is 12.9. The number of methoxy groups -OCH3 is 1. The Morgan fingerprint density at radius 2 is 2.10 bits per heavy atom. The van der Waals surface area contributed by atoms with E-state index in [9.17, 15) is 13.2 Å². The van der Waals surface area contributed by atoms with E-state index in [2.05, 4.69) is 10.3 Å². The Morgan fingerprint density at radius 1 is 1.34 bits per heavy atom. The molecular weight excluding hydrogens is 396 g/mol. The maximum Gasteiger partial charge on any atom is 0.255 e. The number of benzene rings is 1. The van der Waals surface area contributed by atoms with Crippen molar-refractivity contribution in [3.8, 4) is 5.75 Å². The molecule has 2 aliphatic heterocycles. The fourth-order valence-electron chi connectivity index (χ4n) is 3.98. The third-order valence-electron chi connectivity index (χ3n) is 5.48. The van der Waals surface area contributed by atoms with Crippen molar-refractivity contribution < 1.29 is 22.7 Å². The number of nitrogens with one attached hydrogen (secondary N) is 1. The monoisotopic (exact) mass is 420 g/mol. The van der Waals surface area contributed by atoms with Crippen LogP contribution in [0.2, 0.25) is 0 Å². The van der Waals surface area contributed by atoms with Gasteiger partial charge < -0.3 is 19.4 Å². The van der Waals surface area contributed by atoms with Crippen molar-refractivity contribution >= 4 is 21.6 Å². The van der Waals surface area contributed by atoms with Crippen molar-refractivity contribution in [2.45, 2.75) is 31.1 Å². The fourth-order valence-corrected chi connectivity index (χ4v) is 4.82. The van der Waals surface area contributed by atoms with Crippen LogP contribution in [0, 0.1) is 0 Å². The van der Waals surface area contributed by atoms with Crippen molar-refractivity contribution in [3.05, 3.63) is 42.5 Å². The Kier molecular flexibility index (Phi) is 5.09. The number of piperidine rings is 1. The number of nitrogens with zero attached hydrogens (tertiary/aromatic N) is 3. The third-order valence-corrected chi connectivity index (χ3v) is 6.79. The predicted molar refractivity (Wildman–Crippen MR) is 106 cm³/mol. The summed E-state index contributed by atoms with van der Waals surface area (Å²) in [5, 5.41) is 2.88. The van der Waals surface area contributed by atoms with Crippen LogP contribution in [0.3, 0.4) is 0 Å². The summed E-state index contributed by atoms with van der Waals surface area (Å²) in [6, 6.07) is 7.12. The van der Waals surface area contributed by atoms with Gasteiger partial charge in [-0.2, -0.15) is 0 Å². The van der Waals surface area contributed by atoms with E-state index in [1.54, 1.807) is 37.6 Å². The Hall–Kier alpha value is -2.43. The zero-order chi connectivity index (χ0) is 20.6. The SMILES string of the molecule is COc1cccc(NC(=O)C2Cn3ccnc3C3(CCN(S(C)(=O)=O)CC3)O2)c1. The molecule has 0 bridgehead atoms. The Morgan fingerprint density at radius 3 is 2.79 bits per heavy atom. The molecule has 1 aromatic heterocycles. The van der Waals surface area contributed by atoms with Gasteiger partial charge in [0.25, 0.3) is 5.91 Å². The standard InChI is InChI=1S/C19H24N4O5S/c1-27-15-5-3-4-14(12-15)21-17(24)16-13-22-11-8-20-18(22)19(28-16)6-9-23(10-7-19)29(2,25)26/h3-5,8,11-12,16H,6-7,9-10,13H2,1-2H3,(H,21,24). The van der Waals surface area contributed by atoms with Crippen molar-refractivity contribution in [2.24, 2.45) is 0 Å².